The first-order chi connectivity index (χ1) is 9.50. The highest BCUT2D eigenvalue weighted by Gasteiger charge is 2.16. The molecular formula is C15H21N2O3-. The summed E-state index contributed by atoms with van der Waals surface area (Å²) in [7, 11) is 0. The van der Waals surface area contributed by atoms with Gasteiger partial charge in [-0.3, -0.25) is 0 Å². The van der Waals surface area contributed by atoms with E-state index in [1.54, 1.807) is 13.8 Å². The lowest BCUT2D eigenvalue weighted by Crippen LogP contribution is -2.53. The zero-order valence-electron chi connectivity index (χ0n) is 11.9. The maximum absolute atomic E-state index is 11.6. The first-order valence-corrected chi connectivity index (χ1v) is 6.80. The van der Waals surface area contributed by atoms with Crippen LogP contribution in [0.2, 0.25) is 0 Å². The van der Waals surface area contributed by atoms with Crippen LogP contribution in [0.15, 0.2) is 30.3 Å². The van der Waals surface area contributed by atoms with Crippen LogP contribution in [0.3, 0.4) is 0 Å². The van der Waals surface area contributed by atoms with Crippen molar-refractivity contribution >= 4 is 12.0 Å². The number of urea groups is 1. The Kier molecular flexibility index (Phi) is 6.56. The van der Waals surface area contributed by atoms with Gasteiger partial charge in [0.1, 0.15) is 0 Å². The monoisotopic (exact) mass is 277 g/mol. The number of aryl methyl sites for hydroxylation is 1. The lowest BCUT2D eigenvalue weighted by atomic mass is 10.1. The number of hydrogen-bond acceptors (Lipinski definition) is 3. The maximum Gasteiger partial charge on any atom is 0.315 e. The summed E-state index contributed by atoms with van der Waals surface area (Å²) in [5.74, 6) is -1.48. The number of rotatable bonds is 7. The van der Waals surface area contributed by atoms with Gasteiger partial charge in [-0.25, -0.2) is 4.79 Å². The average Bonchev–Trinajstić information content (AvgIpc) is 2.41. The molecule has 0 radical (unpaired) electrons. The van der Waals surface area contributed by atoms with Crippen molar-refractivity contribution in [3.05, 3.63) is 35.9 Å². The smallest absolute Gasteiger partial charge is 0.315 e. The van der Waals surface area contributed by atoms with E-state index in [0.29, 0.717) is 6.54 Å². The summed E-state index contributed by atoms with van der Waals surface area (Å²) in [6, 6.07) is 8.53. The van der Waals surface area contributed by atoms with E-state index in [9.17, 15) is 14.7 Å². The summed E-state index contributed by atoms with van der Waals surface area (Å²) in [5, 5.41) is 15.9. The van der Waals surface area contributed by atoms with Crippen LogP contribution >= 0.6 is 0 Å². The molecule has 0 bridgehead atoms. The molecule has 2 amide bonds. The lowest BCUT2D eigenvalue weighted by molar-refractivity contribution is -0.309. The van der Waals surface area contributed by atoms with Crippen LogP contribution in [-0.4, -0.2) is 24.6 Å². The molecule has 1 rings (SSSR count). The molecule has 1 aromatic carbocycles. The van der Waals surface area contributed by atoms with E-state index in [1.807, 2.05) is 30.3 Å². The standard InChI is InChI=1S/C15H22N2O3/c1-11(2)13(14(18)19)17-15(20)16-10-6-9-12-7-4-3-5-8-12/h3-5,7-8,11,13H,6,9-10H2,1-2H3,(H,18,19)(H2,16,17,20)/p-1/t13-/m0/s1. The number of benzene rings is 1. The van der Waals surface area contributed by atoms with Crippen LogP contribution in [0.5, 0.6) is 0 Å². The van der Waals surface area contributed by atoms with Crippen LogP contribution in [0.25, 0.3) is 0 Å². The highest BCUT2D eigenvalue weighted by molar-refractivity contribution is 5.81. The van der Waals surface area contributed by atoms with Crippen molar-refractivity contribution in [3.63, 3.8) is 0 Å². The molecule has 0 saturated heterocycles. The summed E-state index contributed by atoms with van der Waals surface area (Å²) in [5.41, 5.74) is 1.21. The molecule has 0 aromatic heterocycles. The second-order valence-corrected chi connectivity index (χ2v) is 5.03. The van der Waals surface area contributed by atoms with Crippen LogP contribution in [-0.2, 0) is 11.2 Å². The second kappa shape index (κ2) is 8.19. The molecule has 1 atom stereocenters. The van der Waals surface area contributed by atoms with Crippen molar-refractivity contribution in [3.8, 4) is 0 Å². The Balaban J connectivity index is 2.24. The van der Waals surface area contributed by atoms with Gasteiger partial charge in [-0.2, -0.15) is 0 Å². The van der Waals surface area contributed by atoms with Crippen molar-refractivity contribution < 1.29 is 14.7 Å². The van der Waals surface area contributed by atoms with Crippen molar-refractivity contribution in [2.24, 2.45) is 5.92 Å². The molecule has 5 heteroatoms. The van der Waals surface area contributed by atoms with Crippen molar-refractivity contribution in [1.82, 2.24) is 10.6 Å². The molecule has 0 fully saturated rings. The number of carboxylic acids is 1. The third-order valence-corrected chi connectivity index (χ3v) is 2.98. The van der Waals surface area contributed by atoms with Crippen molar-refractivity contribution in [1.29, 1.82) is 0 Å². The molecule has 1 aromatic rings. The average molecular weight is 277 g/mol. The molecule has 0 unspecified atom stereocenters. The summed E-state index contributed by atoms with van der Waals surface area (Å²) in [6.07, 6.45) is 1.67. The van der Waals surface area contributed by atoms with Crippen LogP contribution < -0.4 is 15.7 Å². The number of hydrogen-bond donors (Lipinski definition) is 2. The minimum atomic E-state index is -1.26. The molecule has 0 heterocycles. The molecule has 0 spiro atoms. The first kappa shape index (κ1) is 16.0. The molecule has 0 aliphatic heterocycles. The second-order valence-electron chi connectivity index (χ2n) is 5.03. The lowest BCUT2D eigenvalue weighted by Gasteiger charge is -2.23. The van der Waals surface area contributed by atoms with E-state index < -0.39 is 18.0 Å². The minimum absolute atomic E-state index is 0.213. The predicted octanol–water partition coefficient (Wildman–Crippen LogP) is 0.693. The Morgan fingerprint density at radius 2 is 1.85 bits per heavy atom. The van der Waals surface area contributed by atoms with Gasteiger partial charge < -0.3 is 20.5 Å². The third-order valence-electron chi connectivity index (χ3n) is 2.98. The Morgan fingerprint density at radius 3 is 2.40 bits per heavy atom. The van der Waals surface area contributed by atoms with Crippen molar-refractivity contribution in [2.45, 2.75) is 32.7 Å². The highest BCUT2D eigenvalue weighted by Crippen LogP contribution is 2.02. The SMILES string of the molecule is CC(C)[C@H](NC(=O)NCCCc1ccccc1)C(=O)[O-]. The van der Waals surface area contributed by atoms with E-state index in [2.05, 4.69) is 10.6 Å². The third kappa shape index (κ3) is 5.73. The van der Waals surface area contributed by atoms with Crippen LogP contribution in [0.1, 0.15) is 25.8 Å². The summed E-state index contributed by atoms with van der Waals surface area (Å²) < 4.78 is 0. The largest absolute Gasteiger partial charge is 0.548 e. The predicted molar refractivity (Wildman–Crippen MR) is 74.9 cm³/mol. The normalized spacial score (nSPS) is 11.9. The number of carbonyl (C=O) groups excluding carboxylic acids is 2. The highest BCUT2D eigenvalue weighted by atomic mass is 16.4. The van der Waals surface area contributed by atoms with Crippen LogP contribution in [0.4, 0.5) is 4.79 Å². The zero-order chi connectivity index (χ0) is 15.0. The van der Waals surface area contributed by atoms with Gasteiger partial charge in [0.05, 0.1) is 12.0 Å². The van der Waals surface area contributed by atoms with Gasteiger partial charge in [0.15, 0.2) is 0 Å². The Morgan fingerprint density at radius 1 is 1.20 bits per heavy atom. The molecule has 110 valence electrons. The Labute approximate surface area is 119 Å². The number of carboxylic acid groups (broad SMARTS) is 1. The van der Waals surface area contributed by atoms with E-state index in [1.165, 1.54) is 5.56 Å². The summed E-state index contributed by atoms with van der Waals surface area (Å²) >= 11 is 0. The molecule has 0 aliphatic rings. The number of amides is 2. The zero-order valence-corrected chi connectivity index (χ0v) is 11.9. The molecule has 0 saturated carbocycles. The van der Waals surface area contributed by atoms with Gasteiger partial charge in [0, 0.05) is 6.54 Å². The fraction of sp³-hybridized carbons (Fsp3) is 0.467. The Hall–Kier alpha value is -2.04. The molecule has 5 nitrogen and oxygen atoms in total. The maximum atomic E-state index is 11.6. The van der Waals surface area contributed by atoms with Crippen molar-refractivity contribution in [2.75, 3.05) is 6.54 Å². The first-order valence-electron chi connectivity index (χ1n) is 6.80. The van der Waals surface area contributed by atoms with E-state index in [4.69, 9.17) is 0 Å². The molecule has 2 N–H and O–H groups in total. The van der Waals surface area contributed by atoms with Gasteiger partial charge in [-0.1, -0.05) is 44.2 Å². The molecule has 20 heavy (non-hydrogen) atoms. The Bertz CT molecular complexity index is 432. The van der Waals surface area contributed by atoms with Gasteiger partial charge in [0.2, 0.25) is 0 Å². The molecule has 0 aliphatic carbocycles. The van der Waals surface area contributed by atoms with Gasteiger partial charge in [-0.05, 0) is 24.3 Å². The van der Waals surface area contributed by atoms with Gasteiger partial charge >= 0.3 is 6.03 Å². The fourth-order valence-corrected chi connectivity index (χ4v) is 1.83. The summed E-state index contributed by atoms with van der Waals surface area (Å²) in [6.45, 7) is 3.94. The van der Waals surface area contributed by atoms with Crippen LogP contribution in [0, 0.1) is 5.92 Å². The van der Waals surface area contributed by atoms with Gasteiger partial charge in [0.25, 0.3) is 0 Å². The van der Waals surface area contributed by atoms with E-state index >= 15 is 0 Å². The minimum Gasteiger partial charge on any atom is -0.548 e. The summed E-state index contributed by atoms with van der Waals surface area (Å²) in [4.78, 5) is 22.4. The van der Waals surface area contributed by atoms with E-state index in [-0.39, 0.29) is 5.92 Å². The van der Waals surface area contributed by atoms with Gasteiger partial charge in [-0.15, -0.1) is 0 Å². The number of aliphatic carboxylic acids is 1. The fourth-order valence-electron chi connectivity index (χ4n) is 1.83. The topological polar surface area (TPSA) is 81.3 Å². The number of nitrogens with one attached hydrogen (secondary N) is 2. The van der Waals surface area contributed by atoms with E-state index in [0.717, 1.165) is 12.8 Å². The quantitative estimate of drug-likeness (QED) is 0.720. The molecular weight excluding hydrogens is 256 g/mol. The number of carbonyl (C=O) groups is 2.